The van der Waals surface area contributed by atoms with Crippen LogP contribution in [-0.4, -0.2) is 65.7 Å². The van der Waals surface area contributed by atoms with Gasteiger partial charge in [0.15, 0.2) is 6.10 Å². The molecule has 0 saturated heterocycles. The molecule has 3 atom stereocenters. The fourth-order valence-electron chi connectivity index (χ4n) is 6.19. The van der Waals surface area contributed by atoms with Gasteiger partial charge in [-0.05, 0) is 70.6 Å². The van der Waals surface area contributed by atoms with Gasteiger partial charge in [-0.2, -0.15) is 0 Å². The lowest BCUT2D eigenvalue weighted by molar-refractivity contribution is -0.161. The lowest BCUT2D eigenvalue weighted by atomic mass is 10.1. The van der Waals surface area contributed by atoms with Gasteiger partial charge in [-0.3, -0.25) is 18.6 Å². The molecule has 0 spiro atoms. The highest BCUT2D eigenvalue weighted by molar-refractivity contribution is 7.47. The molecular formula is C46H85O10P. The van der Waals surface area contributed by atoms with Crippen molar-refractivity contribution in [2.75, 3.05) is 26.4 Å². The zero-order chi connectivity index (χ0) is 41.9. The van der Waals surface area contributed by atoms with Gasteiger partial charge in [0, 0.05) is 12.8 Å². The summed E-state index contributed by atoms with van der Waals surface area (Å²) in [5, 5.41) is 18.3. The Hall–Kier alpha value is -1.81. The number of hydrogen-bond acceptors (Lipinski definition) is 9. The second kappa shape index (κ2) is 42.3. The molecule has 0 aromatic heterocycles. The van der Waals surface area contributed by atoms with E-state index in [0.717, 1.165) is 64.2 Å². The Balaban J connectivity index is 4.27. The van der Waals surface area contributed by atoms with E-state index in [1.165, 1.54) is 103 Å². The lowest BCUT2D eigenvalue weighted by Gasteiger charge is -2.20. The second-order valence-corrected chi connectivity index (χ2v) is 16.9. The van der Waals surface area contributed by atoms with E-state index in [0.29, 0.717) is 12.8 Å². The molecule has 0 aliphatic rings. The summed E-state index contributed by atoms with van der Waals surface area (Å²) in [6.45, 7) is 2.35. The van der Waals surface area contributed by atoms with Crippen LogP contribution in [0, 0.1) is 0 Å². The fourth-order valence-corrected chi connectivity index (χ4v) is 6.98. The molecule has 0 radical (unpaired) electrons. The molecule has 3 N–H and O–H groups in total. The number of carbonyl (C=O) groups is 2. The monoisotopic (exact) mass is 829 g/mol. The summed E-state index contributed by atoms with van der Waals surface area (Å²) in [6, 6.07) is 0. The van der Waals surface area contributed by atoms with E-state index in [9.17, 15) is 24.2 Å². The highest BCUT2D eigenvalue weighted by atomic mass is 31.2. The molecule has 334 valence electrons. The SMILES string of the molecule is CCCCC/C=C/C/C=C/CCCCCCCCCCCC(=O)O[C@H](COC(=O)CCCCCCC/C=C/CCCCCCCC)COP(=O)(O)OC[C@@H](O)CO. The highest BCUT2D eigenvalue weighted by Crippen LogP contribution is 2.43. The third-order valence-corrected chi connectivity index (χ3v) is 10.7. The molecule has 10 nitrogen and oxygen atoms in total. The van der Waals surface area contributed by atoms with Crippen LogP contribution < -0.4 is 0 Å². The van der Waals surface area contributed by atoms with Crippen LogP contribution in [-0.2, 0) is 32.7 Å². The number of phosphoric acid groups is 1. The fraction of sp³-hybridized carbons (Fsp3) is 0.826. The van der Waals surface area contributed by atoms with E-state index in [1.54, 1.807) is 0 Å². The van der Waals surface area contributed by atoms with Gasteiger partial charge in [0.25, 0.3) is 0 Å². The van der Waals surface area contributed by atoms with E-state index >= 15 is 0 Å². The van der Waals surface area contributed by atoms with E-state index in [1.807, 2.05) is 0 Å². The number of phosphoric ester groups is 1. The van der Waals surface area contributed by atoms with Crippen LogP contribution in [0.1, 0.15) is 206 Å². The molecule has 0 aromatic carbocycles. The molecule has 0 aliphatic heterocycles. The maximum absolute atomic E-state index is 12.6. The van der Waals surface area contributed by atoms with Gasteiger partial charge in [0.1, 0.15) is 12.7 Å². The predicted molar refractivity (Wildman–Crippen MR) is 233 cm³/mol. The minimum Gasteiger partial charge on any atom is -0.462 e. The van der Waals surface area contributed by atoms with Crippen molar-refractivity contribution in [3.63, 3.8) is 0 Å². The minimum absolute atomic E-state index is 0.178. The van der Waals surface area contributed by atoms with Gasteiger partial charge in [0.05, 0.1) is 19.8 Å². The molecule has 11 heteroatoms. The molecular weight excluding hydrogens is 743 g/mol. The molecule has 1 unspecified atom stereocenters. The highest BCUT2D eigenvalue weighted by Gasteiger charge is 2.27. The Bertz CT molecular complexity index is 1050. The molecule has 0 bridgehead atoms. The van der Waals surface area contributed by atoms with Crippen molar-refractivity contribution in [3.05, 3.63) is 36.5 Å². The maximum atomic E-state index is 12.6. The summed E-state index contributed by atoms with van der Waals surface area (Å²) in [5.41, 5.74) is 0. The quantitative estimate of drug-likeness (QED) is 0.0235. The van der Waals surface area contributed by atoms with Gasteiger partial charge in [-0.1, -0.05) is 159 Å². The van der Waals surface area contributed by atoms with Crippen molar-refractivity contribution in [1.29, 1.82) is 0 Å². The van der Waals surface area contributed by atoms with Crippen molar-refractivity contribution < 1.29 is 47.8 Å². The van der Waals surface area contributed by atoms with Crippen LogP contribution in [0.25, 0.3) is 0 Å². The van der Waals surface area contributed by atoms with Gasteiger partial charge >= 0.3 is 19.8 Å². The molecule has 0 aromatic rings. The Kier molecular flexibility index (Phi) is 41.0. The number of carbonyl (C=O) groups excluding carboxylic acids is 2. The van der Waals surface area contributed by atoms with Crippen LogP contribution in [0.4, 0.5) is 0 Å². The lowest BCUT2D eigenvalue weighted by Crippen LogP contribution is -2.29. The zero-order valence-electron chi connectivity index (χ0n) is 36.3. The minimum atomic E-state index is -4.62. The smallest absolute Gasteiger partial charge is 0.462 e. The maximum Gasteiger partial charge on any atom is 0.472 e. The molecule has 57 heavy (non-hydrogen) atoms. The Morgan fingerprint density at radius 3 is 1.40 bits per heavy atom. The first kappa shape index (κ1) is 55.2. The second-order valence-electron chi connectivity index (χ2n) is 15.4. The molecule has 0 amide bonds. The first-order chi connectivity index (χ1) is 27.7. The Morgan fingerprint density at radius 1 is 0.526 bits per heavy atom. The van der Waals surface area contributed by atoms with Crippen LogP contribution in [0.2, 0.25) is 0 Å². The number of ether oxygens (including phenoxy) is 2. The van der Waals surface area contributed by atoms with Crippen molar-refractivity contribution in [3.8, 4) is 0 Å². The predicted octanol–water partition coefficient (Wildman–Crippen LogP) is 12.3. The summed E-state index contributed by atoms with van der Waals surface area (Å²) in [5.74, 6) is -0.935. The van der Waals surface area contributed by atoms with Crippen LogP contribution in [0.5, 0.6) is 0 Å². The van der Waals surface area contributed by atoms with E-state index < -0.39 is 51.8 Å². The molecule has 0 aliphatic carbocycles. The Morgan fingerprint density at radius 2 is 0.912 bits per heavy atom. The number of esters is 2. The average molecular weight is 829 g/mol. The van der Waals surface area contributed by atoms with Gasteiger partial charge in [-0.15, -0.1) is 0 Å². The number of hydrogen-bond donors (Lipinski definition) is 3. The van der Waals surface area contributed by atoms with E-state index in [2.05, 4.69) is 50.3 Å². The van der Waals surface area contributed by atoms with Crippen molar-refractivity contribution >= 4 is 19.8 Å². The van der Waals surface area contributed by atoms with Crippen molar-refractivity contribution in [2.24, 2.45) is 0 Å². The summed E-state index contributed by atoms with van der Waals surface area (Å²) in [6.07, 6.45) is 43.9. The molecule has 0 rings (SSSR count). The number of allylic oxidation sites excluding steroid dienone is 6. The number of rotatable bonds is 43. The third-order valence-electron chi connectivity index (χ3n) is 9.77. The Labute approximate surface area is 348 Å². The first-order valence-corrected chi connectivity index (χ1v) is 24.4. The summed E-state index contributed by atoms with van der Waals surface area (Å²) in [4.78, 5) is 35.0. The normalized spacial score (nSPS) is 14.1. The van der Waals surface area contributed by atoms with Gasteiger partial charge in [0.2, 0.25) is 0 Å². The molecule has 0 fully saturated rings. The average Bonchev–Trinajstić information content (AvgIpc) is 3.20. The third kappa shape index (κ3) is 42.1. The standard InChI is InChI=1S/C46H85O10P/c1-3-5-7-9-11-13-15-17-19-20-21-22-24-26-28-30-32-34-36-38-46(50)56-44(42-55-57(51,52)54-40-43(48)39-47)41-53-45(49)37-35-33-31-29-27-25-23-18-16-14-12-10-8-6-4-2/h11,13,17-19,23,43-44,47-48H,3-10,12,14-16,20-22,24-42H2,1-2H3,(H,51,52)/b13-11+,19-17+,23-18+/t43-,44+/m0/s1. The zero-order valence-corrected chi connectivity index (χ0v) is 37.2. The van der Waals surface area contributed by atoms with Gasteiger partial charge < -0.3 is 24.6 Å². The summed E-state index contributed by atoms with van der Waals surface area (Å²) >= 11 is 0. The van der Waals surface area contributed by atoms with Crippen LogP contribution in [0.15, 0.2) is 36.5 Å². The van der Waals surface area contributed by atoms with Crippen molar-refractivity contribution in [2.45, 2.75) is 219 Å². The van der Waals surface area contributed by atoms with Crippen LogP contribution >= 0.6 is 7.82 Å². The molecule has 0 saturated carbocycles. The van der Waals surface area contributed by atoms with Gasteiger partial charge in [-0.25, -0.2) is 4.57 Å². The van der Waals surface area contributed by atoms with Crippen molar-refractivity contribution in [1.82, 2.24) is 0 Å². The van der Waals surface area contributed by atoms with E-state index in [4.69, 9.17) is 23.6 Å². The first-order valence-electron chi connectivity index (χ1n) is 22.9. The summed E-state index contributed by atoms with van der Waals surface area (Å²) in [7, 11) is -4.62. The topological polar surface area (TPSA) is 149 Å². The molecule has 0 heterocycles. The number of aliphatic hydroxyl groups is 2. The number of unbranched alkanes of at least 4 members (excludes halogenated alkanes) is 23. The number of aliphatic hydroxyl groups excluding tert-OH is 2. The van der Waals surface area contributed by atoms with E-state index in [-0.39, 0.29) is 19.4 Å². The largest absolute Gasteiger partial charge is 0.472 e. The summed E-state index contributed by atoms with van der Waals surface area (Å²) < 4.78 is 32.8. The van der Waals surface area contributed by atoms with Crippen LogP contribution in [0.3, 0.4) is 0 Å².